The lowest BCUT2D eigenvalue weighted by molar-refractivity contribution is -0.138. The van der Waals surface area contributed by atoms with E-state index in [1.807, 2.05) is 0 Å². The molecule has 1 aromatic rings. The summed E-state index contributed by atoms with van der Waals surface area (Å²) in [4.78, 5) is 22.7. The fourth-order valence-corrected chi connectivity index (χ4v) is 1.49. The monoisotopic (exact) mass is 225 g/mol. The number of fused-ring (bicyclic) bond motifs is 1. The van der Waals surface area contributed by atoms with Crippen LogP contribution in [0.25, 0.3) is 0 Å². The number of halogens is 1. The van der Waals surface area contributed by atoms with Crippen LogP contribution >= 0.6 is 0 Å². The molecule has 1 aliphatic rings. The van der Waals surface area contributed by atoms with E-state index >= 15 is 0 Å². The minimum Gasteiger partial charge on any atom is -0.480 e. The number of hydrogen-bond donors (Lipinski definition) is 1. The van der Waals surface area contributed by atoms with Crippen molar-refractivity contribution in [2.45, 2.75) is 6.54 Å². The Morgan fingerprint density at radius 1 is 1.56 bits per heavy atom. The summed E-state index contributed by atoms with van der Waals surface area (Å²) in [6.07, 6.45) is -0.777. The number of carbonyl (C=O) groups excluding carboxylic acids is 1. The van der Waals surface area contributed by atoms with Crippen molar-refractivity contribution >= 4 is 12.1 Å². The molecule has 0 unspecified atom stereocenters. The Kier molecular flexibility index (Phi) is 2.47. The van der Waals surface area contributed by atoms with Gasteiger partial charge in [-0.1, -0.05) is 6.07 Å². The zero-order valence-electron chi connectivity index (χ0n) is 8.14. The van der Waals surface area contributed by atoms with Gasteiger partial charge in [-0.25, -0.2) is 9.18 Å². The van der Waals surface area contributed by atoms with E-state index < -0.39 is 24.4 Å². The summed E-state index contributed by atoms with van der Waals surface area (Å²) in [7, 11) is 0. The first-order valence-corrected chi connectivity index (χ1v) is 4.54. The van der Waals surface area contributed by atoms with Crippen molar-refractivity contribution in [2.24, 2.45) is 0 Å². The number of hydrogen-bond acceptors (Lipinski definition) is 3. The third-order valence-corrected chi connectivity index (χ3v) is 2.21. The quantitative estimate of drug-likeness (QED) is 0.821. The first-order valence-electron chi connectivity index (χ1n) is 4.54. The fraction of sp³-hybridized carbons (Fsp3) is 0.200. The fourth-order valence-electron chi connectivity index (χ4n) is 1.49. The molecule has 0 atom stereocenters. The number of carbonyl (C=O) groups is 2. The zero-order chi connectivity index (χ0) is 11.7. The molecule has 0 saturated heterocycles. The molecular weight excluding hydrogens is 217 g/mol. The molecule has 0 saturated carbocycles. The first kappa shape index (κ1) is 10.4. The van der Waals surface area contributed by atoms with E-state index in [2.05, 4.69) is 0 Å². The number of carboxylic acid groups (broad SMARTS) is 1. The SMILES string of the molecule is O=C(O)CN1Cc2c(F)cccc2OC1=O. The highest BCUT2D eigenvalue weighted by Crippen LogP contribution is 2.27. The predicted octanol–water partition coefficient (Wildman–Crippen LogP) is 1.22. The maximum absolute atomic E-state index is 13.3. The average Bonchev–Trinajstić information content (AvgIpc) is 2.20. The zero-order valence-corrected chi connectivity index (χ0v) is 8.14. The topological polar surface area (TPSA) is 66.8 Å². The molecule has 84 valence electrons. The van der Waals surface area contributed by atoms with E-state index in [9.17, 15) is 14.0 Å². The van der Waals surface area contributed by atoms with Crippen molar-refractivity contribution in [2.75, 3.05) is 6.54 Å². The third kappa shape index (κ3) is 1.81. The number of rotatable bonds is 2. The molecule has 16 heavy (non-hydrogen) atoms. The molecule has 1 aromatic carbocycles. The Hall–Kier alpha value is -2.11. The molecule has 5 nitrogen and oxygen atoms in total. The summed E-state index contributed by atoms with van der Waals surface area (Å²) >= 11 is 0. The van der Waals surface area contributed by atoms with Gasteiger partial charge in [-0.2, -0.15) is 0 Å². The average molecular weight is 225 g/mol. The summed E-state index contributed by atoms with van der Waals surface area (Å²) in [5.41, 5.74) is 0.198. The molecule has 0 bridgehead atoms. The van der Waals surface area contributed by atoms with Gasteiger partial charge >= 0.3 is 12.1 Å². The number of aliphatic carboxylic acids is 1. The minimum atomic E-state index is -1.17. The van der Waals surface area contributed by atoms with Crippen LogP contribution in [0.2, 0.25) is 0 Å². The highest BCUT2D eigenvalue weighted by atomic mass is 19.1. The highest BCUT2D eigenvalue weighted by molar-refractivity contribution is 5.79. The molecule has 0 aromatic heterocycles. The van der Waals surface area contributed by atoms with Gasteiger partial charge in [-0.05, 0) is 12.1 Å². The second-order valence-corrected chi connectivity index (χ2v) is 3.33. The maximum atomic E-state index is 13.3. The molecule has 0 spiro atoms. The lowest BCUT2D eigenvalue weighted by Gasteiger charge is -2.26. The van der Waals surface area contributed by atoms with Gasteiger partial charge in [0, 0.05) is 0 Å². The lowest BCUT2D eigenvalue weighted by Crippen LogP contribution is -2.40. The normalized spacial score (nSPS) is 14.3. The summed E-state index contributed by atoms with van der Waals surface area (Å²) in [6.45, 7) is -0.597. The second-order valence-electron chi connectivity index (χ2n) is 3.33. The van der Waals surface area contributed by atoms with E-state index in [0.717, 1.165) is 4.90 Å². The van der Waals surface area contributed by atoms with Crippen LogP contribution in [0.4, 0.5) is 9.18 Å². The predicted molar refractivity (Wildman–Crippen MR) is 50.5 cm³/mol. The van der Waals surface area contributed by atoms with Crippen LogP contribution in [-0.2, 0) is 11.3 Å². The standard InChI is InChI=1S/C10H8FNO4/c11-7-2-1-3-8-6(7)4-12(5-9(13)14)10(15)16-8/h1-3H,4-5H2,(H,13,14). The molecular formula is C10H8FNO4. The Morgan fingerprint density at radius 2 is 2.31 bits per heavy atom. The molecule has 2 rings (SSSR count). The molecule has 0 radical (unpaired) electrons. The van der Waals surface area contributed by atoms with Gasteiger partial charge < -0.3 is 9.84 Å². The summed E-state index contributed by atoms with van der Waals surface area (Å²) in [6, 6.07) is 4.12. The van der Waals surface area contributed by atoms with Gasteiger partial charge in [-0.3, -0.25) is 9.69 Å². The van der Waals surface area contributed by atoms with Gasteiger partial charge in [0.2, 0.25) is 0 Å². The van der Waals surface area contributed by atoms with Crippen molar-refractivity contribution in [3.05, 3.63) is 29.6 Å². The van der Waals surface area contributed by atoms with Crippen molar-refractivity contribution in [1.82, 2.24) is 4.90 Å². The van der Waals surface area contributed by atoms with Gasteiger partial charge in [0.05, 0.1) is 12.1 Å². The van der Waals surface area contributed by atoms with Crippen LogP contribution in [0.15, 0.2) is 18.2 Å². The van der Waals surface area contributed by atoms with Gasteiger partial charge in [0.25, 0.3) is 0 Å². The van der Waals surface area contributed by atoms with Crippen LogP contribution in [0.5, 0.6) is 5.75 Å². The Bertz CT molecular complexity index is 460. The molecule has 6 heteroatoms. The Morgan fingerprint density at radius 3 is 3.00 bits per heavy atom. The summed E-state index contributed by atoms with van der Waals surface area (Å²) in [5, 5.41) is 8.56. The summed E-state index contributed by atoms with van der Waals surface area (Å²) in [5.74, 6) is -1.54. The number of nitrogens with zero attached hydrogens (tertiary/aromatic N) is 1. The maximum Gasteiger partial charge on any atom is 0.416 e. The van der Waals surface area contributed by atoms with Crippen molar-refractivity contribution < 1.29 is 23.8 Å². The molecule has 0 aliphatic carbocycles. The van der Waals surface area contributed by atoms with E-state index in [1.54, 1.807) is 0 Å². The molecule has 1 heterocycles. The summed E-state index contributed by atoms with van der Waals surface area (Å²) < 4.78 is 18.2. The van der Waals surface area contributed by atoms with Crippen molar-refractivity contribution in [3.63, 3.8) is 0 Å². The van der Waals surface area contributed by atoms with E-state index in [1.165, 1.54) is 18.2 Å². The minimum absolute atomic E-state index is 0.0901. The van der Waals surface area contributed by atoms with Crippen LogP contribution in [0, 0.1) is 5.82 Å². The molecule has 1 N–H and O–H groups in total. The lowest BCUT2D eigenvalue weighted by atomic mass is 10.1. The van der Waals surface area contributed by atoms with Crippen molar-refractivity contribution in [1.29, 1.82) is 0 Å². The molecule has 1 amide bonds. The Balaban J connectivity index is 2.30. The molecule has 1 aliphatic heterocycles. The second kappa shape index (κ2) is 3.80. The van der Waals surface area contributed by atoms with Crippen LogP contribution in [-0.4, -0.2) is 28.6 Å². The van der Waals surface area contributed by atoms with Crippen LogP contribution < -0.4 is 4.74 Å². The van der Waals surface area contributed by atoms with Crippen LogP contribution in [0.1, 0.15) is 5.56 Å². The van der Waals surface area contributed by atoms with E-state index in [-0.39, 0.29) is 17.9 Å². The van der Waals surface area contributed by atoms with Crippen molar-refractivity contribution in [3.8, 4) is 5.75 Å². The van der Waals surface area contributed by atoms with Gasteiger partial charge in [0.15, 0.2) is 0 Å². The Labute approximate surface area is 90.0 Å². The third-order valence-electron chi connectivity index (χ3n) is 2.21. The first-order chi connectivity index (χ1) is 7.58. The number of carboxylic acids is 1. The number of amides is 1. The van der Waals surface area contributed by atoms with Crippen LogP contribution in [0.3, 0.4) is 0 Å². The number of benzene rings is 1. The highest BCUT2D eigenvalue weighted by Gasteiger charge is 2.28. The van der Waals surface area contributed by atoms with E-state index in [4.69, 9.17) is 9.84 Å². The molecule has 0 fully saturated rings. The number of ether oxygens (including phenoxy) is 1. The van der Waals surface area contributed by atoms with E-state index in [0.29, 0.717) is 0 Å². The largest absolute Gasteiger partial charge is 0.480 e. The smallest absolute Gasteiger partial charge is 0.416 e. The van der Waals surface area contributed by atoms with Gasteiger partial charge in [-0.15, -0.1) is 0 Å². The van der Waals surface area contributed by atoms with Gasteiger partial charge in [0.1, 0.15) is 18.1 Å².